The zero-order valence-electron chi connectivity index (χ0n) is 21.0. The Morgan fingerprint density at radius 2 is 1.71 bits per heavy atom. The SMILES string of the molecule is Cn1c(=O)n(CC(=O)[C@H]2CC[C@H]3[C@@H]4CC[C@@H]5C[C@](C)(O)CC[C@@H]5[C@H]4CC[C@]23C)c2ccccc21. The maximum Gasteiger partial charge on any atom is 0.329 e. The summed E-state index contributed by atoms with van der Waals surface area (Å²) >= 11 is 0. The summed E-state index contributed by atoms with van der Waals surface area (Å²) in [5.74, 6) is 3.92. The molecular formula is C29H40N2O3. The van der Waals surface area contributed by atoms with Gasteiger partial charge < -0.3 is 5.11 Å². The van der Waals surface area contributed by atoms with Gasteiger partial charge in [0.1, 0.15) is 0 Å². The van der Waals surface area contributed by atoms with Crippen LogP contribution in [0.25, 0.3) is 11.0 Å². The van der Waals surface area contributed by atoms with E-state index in [1.165, 1.54) is 25.7 Å². The molecule has 0 radical (unpaired) electrons. The van der Waals surface area contributed by atoms with E-state index in [-0.39, 0.29) is 29.4 Å². The minimum Gasteiger partial charge on any atom is -0.390 e. The molecule has 4 aliphatic rings. The molecule has 8 atom stereocenters. The Morgan fingerprint density at radius 1 is 0.971 bits per heavy atom. The second-order valence-electron chi connectivity index (χ2n) is 12.7. The van der Waals surface area contributed by atoms with Crippen LogP contribution in [0.4, 0.5) is 0 Å². The molecule has 4 aliphatic carbocycles. The van der Waals surface area contributed by atoms with Crippen molar-refractivity contribution < 1.29 is 9.90 Å². The Bertz CT molecular complexity index is 1180. The van der Waals surface area contributed by atoms with E-state index in [9.17, 15) is 14.7 Å². The molecular weight excluding hydrogens is 424 g/mol. The first-order valence-corrected chi connectivity index (χ1v) is 13.6. The zero-order chi connectivity index (χ0) is 23.8. The molecule has 0 amide bonds. The van der Waals surface area contributed by atoms with Crippen molar-refractivity contribution >= 4 is 16.8 Å². The Hall–Kier alpha value is -1.88. The van der Waals surface area contributed by atoms with E-state index < -0.39 is 5.60 Å². The van der Waals surface area contributed by atoms with E-state index in [0.717, 1.165) is 60.9 Å². The summed E-state index contributed by atoms with van der Waals surface area (Å²) in [5, 5.41) is 10.6. The van der Waals surface area contributed by atoms with Crippen LogP contribution in [0.1, 0.15) is 71.6 Å². The third kappa shape index (κ3) is 3.29. The summed E-state index contributed by atoms with van der Waals surface area (Å²) < 4.78 is 3.35. The first-order chi connectivity index (χ1) is 16.2. The Kier molecular flexibility index (Phi) is 5.19. The minimum absolute atomic E-state index is 0.0640. The molecule has 0 spiro atoms. The molecule has 0 bridgehead atoms. The highest BCUT2D eigenvalue weighted by Crippen LogP contribution is 2.64. The van der Waals surface area contributed by atoms with Crippen LogP contribution in [0.2, 0.25) is 0 Å². The van der Waals surface area contributed by atoms with Gasteiger partial charge in [0, 0.05) is 13.0 Å². The number of carbonyl (C=O) groups excluding carboxylic acids is 1. The van der Waals surface area contributed by atoms with Gasteiger partial charge in [-0.25, -0.2) is 4.79 Å². The fourth-order valence-electron chi connectivity index (χ4n) is 9.39. The first kappa shape index (κ1) is 22.6. The summed E-state index contributed by atoms with van der Waals surface area (Å²) in [6.07, 6.45) is 10.1. The maximum atomic E-state index is 13.7. The molecule has 6 rings (SSSR count). The highest BCUT2D eigenvalue weighted by Gasteiger charge is 2.58. The zero-order valence-corrected chi connectivity index (χ0v) is 21.0. The summed E-state index contributed by atoms with van der Waals surface area (Å²) in [5.41, 5.74) is 1.25. The van der Waals surface area contributed by atoms with Gasteiger partial charge in [-0.3, -0.25) is 13.9 Å². The lowest BCUT2D eigenvalue weighted by atomic mass is 9.49. The topological polar surface area (TPSA) is 64.2 Å². The lowest BCUT2D eigenvalue weighted by Gasteiger charge is -2.56. The van der Waals surface area contributed by atoms with Gasteiger partial charge in [0.25, 0.3) is 0 Å². The van der Waals surface area contributed by atoms with Crippen LogP contribution in [0.3, 0.4) is 0 Å². The second kappa shape index (κ2) is 7.81. The Morgan fingerprint density at radius 3 is 2.50 bits per heavy atom. The number of Topliss-reactive ketones (excluding diaryl/α,β-unsaturated/α-hetero) is 1. The van der Waals surface area contributed by atoms with Crippen molar-refractivity contribution in [3.63, 3.8) is 0 Å². The van der Waals surface area contributed by atoms with Crippen LogP contribution in [0.5, 0.6) is 0 Å². The number of hydrogen-bond acceptors (Lipinski definition) is 3. The predicted molar refractivity (Wildman–Crippen MR) is 133 cm³/mol. The molecule has 2 aromatic rings. The third-order valence-corrected chi connectivity index (χ3v) is 11.0. The summed E-state index contributed by atoms with van der Waals surface area (Å²) in [6, 6.07) is 7.79. The fourth-order valence-corrected chi connectivity index (χ4v) is 9.39. The summed E-state index contributed by atoms with van der Waals surface area (Å²) in [6.45, 7) is 4.62. The molecule has 4 fully saturated rings. The molecule has 5 heteroatoms. The van der Waals surface area contributed by atoms with Gasteiger partial charge >= 0.3 is 5.69 Å². The monoisotopic (exact) mass is 464 g/mol. The maximum absolute atomic E-state index is 13.7. The van der Waals surface area contributed by atoms with Gasteiger partial charge in [0.2, 0.25) is 0 Å². The molecule has 1 N–H and O–H groups in total. The van der Waals surface area contributed by atoms with E-state index in [1.807, 2.05) is 31.2 Å². The molecule has 4 saturated carbocycles. The van der Waals surface area contributed by atoms with E-state index in [0.29, 0.717) is 11.8 Å². The number of aromatic nitrogens is 2. The molecule has 1 aromatic heterocycles. The van der Waals surface area contributed by atoms with E-state index in [4.69, 9.17) is 0 Å². The van der Waals surface area contributed by atoms with Gasteiger partial charge in [-0.15, -0.1) is 0 Å². The van der Waals surface area contributed by atoms with E-state index in [1.54, 1.807) is 16.2 Å². The number of nitrogens with zero attached hydrogens (tertiary/aromatic N) is 2. The number of benzene rings is 1. The minimum atomic E-state index is -0.470. The average molecular weight is 465 g/mol. The molecule has 1 aromatic carbocycles. The van der Waals surface area contributed by atoms with E-state index >= 15 is 0 Å². The van der Waals surface area contributed by atoms with Crippen molar-refractivity contribution in [3.05, 3.63) is 34.7 Å². The van der Waals surface area contributed by atoms with Gasteiger partial charge in [-0.05, 0) is 112 Å². The van der Waals surface area contributed by atoms with Gasteiger partial charge in [-0.2, -0.15) is 0 Å². The van der Waals surface area contributed by atoms with Gasteiger partial charge in [-0.1, -0.05) is 19.1 Å². The number of carbonyl (C=O) groups is 1. The number of rotatable bonds is 3. The van der Waals surface area contributed by atoms with Crippen LogP contribution in [0, 0.1) is 40.9 Å². The standard InChI is InChI=1S/C29H40N2O3/c1-28(34)14-12-19-18(16-28)8-9-21-20(19)13-15-29(2)22(21)10-11-23(29)26(32)17-31-25-7-5-4-6-24(25)30(3)27(31)33/h4-7,18-23,34H,8-17H2,1-3H3/t18-,19+,20-,21-,22+,23-,28-,29+/m1/s1. The predicted octanol–water partition coefficient (Wildman–Crippen LogP) is 4.93. The highest BCUT2D eigenvalue weighted by molar-refractivity contribution is 5.84. The lowest BCUT2D eigenvalue weighted by molar-refractivity contribution is -0.132. The van der Waals surface area contributed by atoms with Crippen molar-refractivity contribution in [2.24, 2.45) is 48.0 Å². The largest absolute Gasteiger partial charge is 0.390 e. The number of para-hydroxylation sites is 2. The quantitative estimate of drug-likeness (QED) is 0.701. The Labute approximate surface area is 202 Å². The summed E-state index contributed by atoms with van der Waals surface area (Å²) in [4.78, 5) is 26.7. The van der Waals surface area contributed by atoms with E-state index in [2.05, 4.69) is 6.92 Å². The fraction of sp³-hybridized carbons (Fsp3) is 0.724. The van der Waals surface area contributed by atoms with Crippen molar-refractivity contribution in [1.82, 2.24) is 9.13 Å². The number of imidazole rings is 1. The van der Waals surface area contributed by atoms with Crippen LogP contribution < -0.4 is 5.69 Å². The molecule has 5 nitrogen and oxygen atoms in total. The molecule has 1 heterocycles. The summed E-state index contributed by atoms with van der Waals surface area (Å²) in [7, 11) is 1.79. The molecule has 0 unspecified atom stereocenters. The highest BCUT2D eigenvalue weighted by atomic mass is 16.3. The van der Waals surface area contributed by atoms with Crippen LogP contribution in [-0.2, 0) is 18.4 Å². The number of ketones is 1. The van der Waals surface area contributed by atoms with Crippen molar-refractivity contribution in [2.75, 3.05) is 0 Å². The molecule has 0 aliphatic heterocycles. The Balaban J connectivity index is 1.23. The average Bonchev–Trinajstić information content (AvgIpc) is 3.28. The number of fused-ring (bicyclic) bond motifs is 6. The first-order valence-electron chi connectivity index (χ1n) is 13.6. The second-order valence-corrected chi connectivity index (χ2v) is 12.7. The number of hydrogen-bond donors (Lipinski definition) is 1. The smallest absolute Gasteiger partial charge is 0.329 e. The molecule has 184 valence electrons. The normalized spacial score (nSPS) is 41.6. The van der Waals surface area contributed by atoms with Crippen molar-refractivity contribution in [3.8, 4) is 0 Å². The number of aliphatic hydroxyl groups is 1. The van der Waals surface area contributed by atoms with Crippen molar-refractivity contribution in [1.29, 1.82) is 0 Å². The van der Waals surface area contributed by atoms with Gasteiger partial charge in [0.15, 0.2) is 5.78 Å². The van der Waals surface area contributed by atoms with Crippen LogP contribution in [0.15, 0.2) is 29.1 Å². The number of aryl methyl sites for hydroxylation is 1. The molecule has 34 heavy (non-hydrogen) atoms. The lowest BCUT2D eigenvalue weighted by Crippen LogP contribution is -2.51. The van der Waals surface area contributed by atoms with Gasteiger partial charge in [0.05, 0.1) is 23.2 Å². The third-order valence-electron chi connectivity index (χ3n) is 11.0. The molecule has 0 saturated heterocycles. The van der Waals surface area contributed by atoms with Crippen molar-refractivity contribution in [2.45, 2.75) is 83.8 Å². The van der Waals surface area contributed by atoms with Crippen LogP contribution >= 0.6 is 0 Å². The van der Waals surface area contributed by atoms with Crippen LogP contribution in [-0.4, -0.2) is 25.6 Å².